The van der Waals surface area contributed by atoms with Gasteiger partial charge in [-0.15, -0.1) is 0 Å². The van der Waals surface area contributed by atoms with Gasteiger partial charge in [0.05, 0.1) is 16.1 Å². The van der Waals surface area contributed by atoms with Crippen LogP contribution in [0.15, 0.2) is 51.8 Å². The summed E-state index contributed by atoms with van der Waals surface area (Å²) in [6.45, 7) is 0. The molecule has 0 aliphatic heterocycles. The lowest BCUT2D eigenvalue weighted by Gasteiger charge is -2.10. The molecule has 0 radical (unpaired) electrons. The van der Waals surface area contributed by atoms with Crippen LogP contribution in [0.2, 0.25) is 0 Å². The van der Waals surface area contributed by atoms with Gasteiger partial charge in [-0.05, 0) is 42.5 Å². The van der Waals surface area contributed by atoms with E-state index in [1.165, 1.54) is 36.4 Å². The first-order valence-electron chi connectivity index (χ1n) is 5.50. The van der Waals surface area contributed by atoms with Crippen molar-refractivity contribution in [3.63, 3.8) is 0 Å². The third kappa shape index (κ3) is 3.10. The highest BCUT2D eigenvalue weighted by molar-refractivity contribution is 9.10. The molecule has 0 atom stereocenters. The van der Waals surface area contributed by atoms with E-state index in [-0.39, 0.29) is 16.1 Å². The molecular formula is C13H10BrN3O2S. The van der Waals surface area contributed by atoms with Crippen LogP contribution >= 0.6 is 15.9 Å². The minimum Gasteiger partial charge on any atom is -0.399 e. The lowest BCUT2D eigenvalue weighted by molar-refractivity contribution is 0.601. The monoisotopic (exact) mass is 351 g/mol. The molecule has 0 amide bonds. The van der Waals surface area contributed by atoms with Crippen molar-refractivity contribution in [1.29, 1.82) is 5.26 Å². The fourth-order valence-electron chi connectivity index (χ4n) is 1.55. The minimum absolute atomic E-state index is 0.0792. The van der Waals surface area contributed by atoms with Gasteiger partial charge >= 0.3 is 0 Å². The molecule has 0 aromatic heterocycles. The molecule has 102 valence electrons. The Hall–Kier alpha value is -2.04. The molecular weight excluding hydrogens is 342 g/mol. The topological polar surface area (TPSA) is 96.0 Å². The molecule has 20 heavy (non-hydrogen) atoms. The summed E-state index contributed by atoms with van der Waals surface area (Å²) in [5, 5.41) is 9.00. The Labute approximate surface area is 125 Å². The molecule has 0 aliphatic carbocycles. The van der Waals surface area contributed by atoms with Gasteiger partial charge < -0.3 is 5.73 Å². The number of rotatable bonds is 3. The van der Waals surface area contributed by atoms with Gasteiger partial charge in [0, 0.05) is 10.2 Å². The summed E-state index contributed by atoms with van der Waals surface area (Å²) in [5.74, 6) is 0. The number of nitrogen functional groups attached to an aromatic ring is 1. The quantitative estimate of drug-likeness (QED) is 0.830. The van der Waals surface area contributed by atoms with E-state index in [1.807, 2.05) is 6.07 Å². The number of nitriles is 1. The summed E-state index contributed by atoms with van der Waals surface area (Å²) in [6, 6.07) is 12.5. The zero-order chi connectivity index (χ0) is 14.8. The number of anilines is 2. The van der Waals surface area contributed by atoms with E-state index in [1.54, 1.807) is 6.07 Å². The van der Waals surface area contributed by atoms with E-state index < -0.39 is 10.0 Å². The van der Waals surface area contributed by atoms with Gasteiger partial charge in [0.1, 0.15) is 6.07 Å². The molecule has 5 nitrogen and oxygen atoms in total. The lowest BCUT2D eigenvalue weighted by Crippen LogP contribution is -2.13. The molecule has 3 N–H and O–H groups in total. The number of nitrogens with zero attached hydrogens (tertiary/aromatic N) is 1. The van der Waals surface area contributed by atoms with Crippen LogP contribution in [0.5, 0.6) is 0 Å². The second-order valence-corrected chi connectivity index (χ2v) is 6.57. The number of nitrogens with two attached hydrogens (primary N) is 1. The summed E-state index contributed by atoms with van der Waals surface area (Å²) >= 11 is 3.24. The van der Waals surface area contributed by atoms with Gasteiger partial charge in [-0.2, -0.15) is 5.26 Å². The maximum atomic E-state index is 12.2. The largest absolute Gasteiger partial charge is 0.399 e. The highest BCUT2D eigenvalue weighted by Crippen LogP contribution is 2.24. The second kappa shape index (κ2) is 5.53. The van der Waals surface area contributed by atoms with Gasteiger partial charge in [0.25, 0.3) is 10.0 Å². The van der Waals surface area contributed by atoms with Crippen molar-refractivity contribution in [3.05, 3.63) is 52.5 Å². The smallest absolute Gasteiger partial charge is 0.261 e. The van der Waals surface area contributed by atoms with Crippen LogP contribution in [0, 0.1) is 11.3 Å². The number of halogens is 1. The SMILES string of the molecule is N#Cc1ccc(Br)cc1NS(=O)(=O)c1ccc(N)cc1. The first kappa shape index (κ1) is 14.4. The maximum absolute atomic E-state index is 12.2. The van der Waals surface area contributed by atoms with Gasteiger partial charge in [-0.1, -0.05) is 15.9 Å². The van der Waals surface area contributed by atoms with Crippen LogP contribution in [-0.2, 0) is 10.0 Å². The average Bonchev–Trinajstić information content (AvgIpc) is 2.39. The van der Waals surface area contributed by atoms with Crippen molar-refractivity contribution in [1.82, 2.24) is 0 Å². The summed E-state index contributed by atoms with van der Waals surface area (Å²) in [4.78, 5) is 0.0792. The Morgan fingerprint density at radius 1 is 1.15 bits per heavy atom. The first-order valence-corrected chi connectivity index (χ1v) is 7.78. The van der Waals surface area contributed by atoms with Crippen molar-refractivity contribution in [2.24, 2.45) is 0 Å². The molecule has 0 spiro atoms. The number of sulfonamides is 1. The molecule has 0 fully saturated rings. The number of hydrogen-bond acceptors (Lipinski definition) is 4. The van der Waals surface area contributed by atoms with E-state index >= 15 is 0 Å². The molecule has 0 bridgehead atoms. The molecule has 0 saturated heterocycles. The molecule has 2 aromatic rings. The fraction of sp³-hybridized carbons (Fsp3) is 0. The predicted molar refractivity (Wildman–Crippen MR) is 80.5 cm³/mol. The van der Waals surface area contributed by atoms with Crippen molar-refractivity contribution in [3.8, 4) is 6.07 Å². The van der Waals surface area contributed by atoms with Crippen molar-refractivity contribution < 1.29 is 8.42 Å². The Morgan fingerprint density at radius 3 is 2.40 bits per heavy atom. The van der Waals surface area contributed by atoms with Gasteiger partial charge in [-0.3, -0.25) is 4.72 Å². The summed E-state index contributed by atoms with van der Waals surface area (Å²) in [7, 11) is -3.76. The molecule has 0 saturated carbocycles. The number of benzene rings is 2. The van der Waals surface area contributed by atoms with Crippen LogP contribution in [0.3, 0.4) is 0 Å². The second-order valence-electron chi connectivity index (χ2n) is 3.98. The molecule has 7 heteroatoms. The van der Waals surface area contributed by atoms with E-state index in [0.29, 0.717) is 10.2 Å². The highest BCUT2D eigenvalue weighted by Gasteiger charge is 2.16. The minimum atomic E-state index is -3.76. The number of nitrogens with one attached hydrogen (secondary N) is 1. The van der Waals surface area contributed by atoms with E-state index in [4.69, 9.17) is 11.0 Å². The Kier molecular flexibility index (Phi) is 3.97. The van der Waals surface area contributed by atoms with Crippen molar-refractivity contribution >= 4 is 37.3 Å². The maximum Gasteiger partial charge on any atom is 0.261 e. The third-order valence-electron chi connectivity index (χ3n) is 2.54. The van der Waals surface area contributed by atoms with Crippen LogP contribution in [0.1, 0.15) is 5.56 Å². The zero-order valence-corrected chi connectivity index (χ0v) is 12.6. The molecule has 0 aliphatic rings. The third-order valence-corrected chi connectivity index (χ3v) is 4.41. The van der Waals surface area contributed by atoms with Crippen LogP contribution in [0.4, 0.5) is 11.4 Å². The summed E-state index contributed by atoms with van der Waals surface area (Å²) in [6.07, 6.45) is 0. The first-order chi connectivity index (χ1) is 9.42. The lowest BCUT2D eigenvalue weighted by atomic mass is 10.2. The van der Waals surface area contributed by atoms with E-state index in [2.05, 4.69) is 20.7 Å². The Bertz CT molecular complexity index is 780. The van der Waals surface area contributed by atoms with E-state index in [0.717, 1.165) is 0 Å². The molecule has 0 heterocycles. The van der Waals surface area contributed by atoms with Gasteiger partial charge in [0.2, 0.25) is 0 Å². The molecule has 2 rings (SSSR count). The van der Waals surface area contributed by atoms with Gasteiger partial charge in [0.15, 0.2) is 0 Å². The zero-order valence-electron chi connectivity index (χ0n) is 10.2. The molecule has 2 aromatic carbocycles. The van der Waals surface area contributed by atoms with Crippen LogP contribution < -0.4 is 10.5 Å². The van der Waals surface area contributed by atoms with Gasteiger partial charge in [-0.25, -0.2) is 8.42 Å². The fourth-order valence-corrected chi connectivity index (χ4v) is 2.98. The summed E-state index contributed by atoms with van der Waals surface area (Å²) < 4.78 is 27.5. The van der Waals surface area contributed by atoms with Crippen molar-refractivity contribution in [2.45, 2.75) is 4.90 Å². The van der Waals surface area contributed by atoms with Crippen LogP contribution in [0.25, 0.3) is 0 Å². The Balaban J connectivity index is 2.41. The summed E-state index contributed by atoms with van der Waals surface area (Å²) in [5.41, 5.74) is 6.46. The predicted octanol–water partition coefficient (Wildman–Crippen LogP) is 2.70. The number of hydrogen-bond donors (Lipinski definition) is 2. The van der Waals surface area contributed by atoms with Crippen LogP contribution in [-0.4, -0.2) is 8.42 Å². The van der Waals surface area contributed by atoms with Crippen molar-refractivity contribution in [2.75, 3.05) is 10.5 Å². The molecule has 0 unspecified atom stereocenters. The average molecular weight is 352 g/mol. The highest BCUT2D eigenvalue weighted by atomic mass is 79.9. The Morgan fingerprint density at radius 2 is 1.80 bits per heavy atom. The normalized spacial score (nSPS) is 10.8. The van der Waals surface area contributed by atoms with E-state index in [9.17, 15) is 8.42 Å². The standard InChI is InChI=1S/C13H10BrN3O2S/c14-10-2-1-9(8-15)13(7-10)17-20(18,19)12-5-3-11(16)4-6-12/h1-7,17H,16H2.